The number of aliphatic hydroxyl groups excluding tert-OH is 2. The summed E-state index contributed by atoms with van der Waals surface area (Å²) in [7, 11) is 0. The molecule has 6 heteroatoms. The van der Waals surface area contributed by atoms with Gasteiger partial charge in [-0.2, -0.15) is 0 Å². The van der Waals surface area contributed by atoms with Crippen molar-refractivity contribution in [1.29, 1.82) is 0 Å². The minimum Gasteiger partial charge on any atom is -0.459 e. The van der Waals surface area contributed by atoms with Crippen LogP contribution in [0.3, 0.4) is 0 Å². The number of carbonyl (C=O) groups is 1. The lowest BCUT2D eigenvalue weighted by Crippen LogP contribution is -2.55. The van der Waals surface area contributed by atoms with Crippen molar-refractivity contribution in [2.24, 2.45) is 5.92 Å². The summed E-state index contributed by atoms with van der Waals surface area (Å²) in [4.78, 5) is 11.0. The third kappa shape index (κ3) is 3.58. The molecule has 0 aromatic carbocycles. The average molecular weight is 264 g/mol. The predicted molar refractivity (Wildman–Crippen MR) is 64.6 cm³/mol. The van der Waals surface area contributed by atoms with E-state index in [0.717, 1.165) is 5.75 Å². The van der Waals surface area contributed by atoms with Gasteiger partial charge < -0.3 is 19.7 Å². The summed E-state index contributed by atoms with van der Waals surface area (Å²) >= 11 is 1.58. The number of thioether (sulfide) groups is 1. The highest BCUT2D eigenvalue weighted by atomic mass is 32.2. The van der Waals surface area contributed by atoms with E-state index in [2.05, 4.69) is 0 Å². The maximum absolute atomic E-state index is 11.0. The minimum atomic E-state index is -0.979. The molecule has 0 saturated carbocycles. The Hall–Kier alpha value is -0.300. The molecule has 5 nitrogen and oxygen atoms in total. The third-order valence-corrected chi connectivity index (χ3v) is 3.99. The Balaban J connectivity index is 2.78. The summed E-state index contributed by atoms with van der Waals surface area (Å²) in [5.74, 6) is 0.317. The van der Waals surface area contributed by atoms with Gasteiger partial charge in [0.15, 0.2) is 0 Å². The maximum atomic E-state index is 11.0. The van der Waals surface area contributed by atoms with Crippen LogP contribution >= 0.6 is 11.8 Å². The summed E-state index contributed by atoms with van der Waals surface area (Å²) in [6, 6.07) is 0. The molecule has 0 bridgehead atoms. The fraction of sp³-hybridized carbons (Fsp3) is 0.909. The second kappa shape index (κ2) is 6.58. The molecule has 0 aromatic heterocycles. The van der Waals surface area contributed by atoms with E-state index in [1.165, 1.54) is 6.92 Å². The van der Waals surface area contributed by atoms with E-state index in [4.69, 9.17) is 14.6 Å². The number of ether oxygens (including phenoxy) is 2. The molecule has 1 saturated heterocycles. The molecular formula is C11H20O5S. The number of rotatable bonds is 4. The third-order valence-electron chi connectivity index (χ3n) is 2.79. The Bertz CT molecular complexity index is 260. The van der Waals surface area contributed by atoms with Gasteiger partial charge in [0.25, 0.3) is 0 Å². The highest BCUT2D eigenvalue weighted by molar-refractivity contribution is 7.99. The van der Waals surface area contributed by atoms with Crippen LogP contribution in [0.4, 0.5) is 0 Å². The largest absolute Gasteiger partial charge is 0.459 e. The lowest BCUT2D eigenvalue weighted by Gasteiger charge is -2.42. The molecule has 1 aliphatic rings. The Kier molecular flexibility index (Phi) is 5.72. The van der Waals surface area contributed by atoms with Crippen LogP contribution < -0.4 is 0 Å². The molecule has 5 atom stereocenters. The van der Waals surface area contributed by atoms with E-state index in [-0.39, 0.29) is 18.0 Å². The van der Waals surface area contributed by atoms with E-state index in [9.17, 15) is 9.90 Å². The van der Waals surface area contributed by atoms with Crippen LogP contribution in [0.5, 0.6) is 0 Å². The van der Waals surface area contributed by atoms with Gasteiger partial charge in [-0.1, -0.05) is 13.8 Å². The molecule has 1 heterocycles. The first-order valence-electron chi connectivity index (χ1n) is 5.74. The molecule has 1 aliphatic heterocycles. The normalized spacial score (nSPS) is 37.8. The summed E-state index contributed by atoms with van der Waals surface area (Å²) in [6.45, 7) is 4.90. The summed E-state index contributed by atoms with van der Waals surface area (Å²) in [6.07, 6.45) is -2.30. The van der Waals surface area contributed by atoms with Crippen LogP contribution in [0.15, 0.2) is 0 Å². The van der Waals surface area contributed by atoms with Gasteiger partial charge in [-0.15, -0.1) is 11.8 Å². The first-order valence-corrected chi connectivity index (χ1v) is 6.79. The minimum absolute atomic E-state index is 0.110. The molecule has 0 aromatic rings. The average Bonchev–Trinajstić information content (AvgIpc) is 2.28. The van der Waals surface area contributed by atoms with Gasteiger partial charge in [0, 0.05) is 12.8 Å². The Morgan fingerprint density at radius 1 is 1.53 bits per heavy atom. The van der Waals surface area contributed by atoms with E-state index in [0.29, 0.717) is 0 Å². The van der Waals surface area contributed by atoms with Crippen molar-refractivity contribution >= 4 is 17.7 Å². The summed E-state index contributed by atoms with van der Waals surface area (Å²) in [5.41, 5.74) is -0.176. The number of hydrogen-bond acceptors (Lipinski definition) is 6. The van der Waals surface area contributed by atoms with E-state index >= 15 is 0 Å². The zero-order valence-corrected chi connectivity index (χ0v) is 11.1. The molecule has 1 fully saturated rings. The lowest BCUT2D eigenvalue weighted by atomic mass is 9.93. The van der Waals surface area contributed by atoms with Crippen LogP contribution in [0.2, 0.25) is 0 Å². The first-order chi connectivity index (χ1) is 8.01. The Morgan fingerprint density at radius 3 is 2.65 bits per heavy atom. The highest BCUT2D eigenvalue weighted by Gasteiger charge is 2.44. The Labute approximate surface area is 105 Å². The van der Waals surface area contributed by atoms with Crippen molar-refractivity contribution in [2.75, 3.05) is 12.4 Å². The molecule has 1 rings (SSSR count). The van der Waals surface area contributed by atoms with Gasteiger partial charge in [0.2, 0.25) is 0 Å². The van der Waals surface area contributed by atoms with Crippen molar-refractivity contribution in [2.45, 2.75) is 44.5 Å². The molecule has 17 heavy (non-hydrogen) atoms. The quantitative estimate of drug-likeness (QED) is 0.715. The molecule has 0 amide bonds. The molecule has 0 spiro atoms. The second-order valence-corrected chi connectivity index (χ2v) is 5.48. The topological polar surface area (TPSA) is 76.0 Å². The molecule has 0 radical (unpaired) electrons. The zero-order chi connectivity index (χ0) is 13.0. The standard InChI is InChI=1S/C11H20O5S/c1-4-17-11-6(2)10(15-7(3)13)9(14)8(5-12)16-11/h6,8-12,14H,4-5H2,1-3H3/t6?,8?,9-,10+,11-/m0/s1. The van der Waals surface area contributed by atoms with Crippen molar-refractivity contribution in [1.82, 2.24) is 0 Å². The molecular weight excluding hydrogens is 244 g/mol. The van der Waals surface area contributed by atoms with E-state index in [1.54, 1.807) is 11.8 Å². The van der Waals surface area contributed by atoms with Crippen LogP contribution in [-0.4, -0.2) is 52.3 Å². The smallest absolute Gasteiger partial charge is 0.303 e. The predicted octanol–water partition coefficient (Wildman–Crippen LogP) is 0.385. The van der Waals surface area contributed by atoms with Gasteiger partial charge in [0.05, 0.1) is 6.61 Å². The molecule has 100 valence electrons. The second-order valence-electron chi connectivity index (χ2n) is 4.10. The Morgan fingerprint density at radius 2 is 2.18 bits per heavy atom. The number of hydrogen-bond donors (Lipinski definition) is 2. The molecule has 2 N–H and O–H groups in total. The lowest BCUT2D eigenvalue weighted by molar-refractivity contribution is -0.201. The van der Waals surface area contributed by atoms with Gasteiger partial charge in [-0.05, 0) is 5.75 Å². The van der Waals surface area contributed by atoms with Crippen molar-refractivity contribution in [3.63, 3.8) is 0 Å². The monoisotopic (exact) mass is 264 g/mol. The molecule has 0 aliphatic carbocycles. The number of esters is 1. The number of aliphatic hydroxyl groups is 2. The van der Waals surface area contributed by atoms with E-state index < -0.39 is 24.3 Å². The van der Waals surface area contributed by atoms with Crippen molar-refractivity contribution in [3.8, 4) is 0 Å². The van der Waals surface area contributed by atoms with Crippen molar-refractivity contribution < 1.29 is 24.5 Å². The summed E-state index contributed by atoms with van der Waals surface area (Å²) in [5, 5.41) is 19.1. The van der Waals surface area contributed by atoms with Crippen LogP contribution in [0.25, 0.3) is 0 Å². The van der Waals surface area contributed by atoms with Crippen LogP contribution in [-0.2, 0) is 14.3 Å². The van der Waals surface area contributed by atoms with Gasteiger partial charge in [0.1, 0.15) is 23.7 Å². The fourth-order valence-corrected chi connectivity index (χ4v) is 2.94. The van der Waals surface area contributed by atoms with Crippen LogP contribution in [0.1, 0.15) is 20.8 Å². The maximum Gasteiger partial charge on any atom is 0.303 e. The summed E-state index contributed by atoms with van der Waals surface area (Å²) < 4.78 is 10.7. The van der Waals surface area contributed by atoms with Crippen molar-refractivity contribution in [3.05, 3.63) is 0 Å². The highest BCUT2D eigenvalue weighted by Crippen LogP contribution is 2.34. The van der Waals surface area contributed by atoms with E-state index in [1.807, 2.05) is 13.8 Å². The first kappa shape index (κ1) is 14.8. The fourth-order valence-electron chi connectivity index (χ4n) is 1.93. The number of carbonyl (C=O) groups excluding carboxylic acids is 1. The van der Waals surface area contributed by atoms with Crippen LogP contribution in [0, 0.1) is 5.92 Å². The van der Waals surface area contributed by atoms with Gasteiger partial charge in [-0.25, -0.2) is 0 Å². The van der Waals surface area contributed by atoms with Gasteiger partial charge >= 0.3 is 5.97 Å². The zero-order valence-electron chi connectivity index (χ0n) is 10.3. The van der Waals surface area contributed by atoms with Gasteiger partial charge in [-0.3, -0.25) is 4.79 Å². The molecule has 2 unspecified atom stereocenters. The SMILES string of the molecule is CCS[C@@H]1OC(CO)[C@H](O)[C@H](OC(C)=O)C1C.